The minimum absolute atomic E-state index is 0.205. The summed E-state index contributed by atoms with van der Waals surface area (Å²) >= 11 is 0. The van der Waals surface area contributed by atoms with E-state index >= 15 is 0 Å². The molecule has 0 unspecified atom stereocenters. The summed E-state index contributed by atoms with van der Waals surface area (Å²) in [6.07, 6.45) is 11.8. The molecule has 36 heavy (non-hydrogen) atoms. The van der Waals surface area contributed by atoms with E-state index in [4.69, 9.17) is 18.9 Å². The lowest BCUT2D eigenvalue weighted by Gasteiger charge is -2.57. The Morgan fingerprint density at radius 1 is 1.03 bits per heavy atom. The molecule has 0 atom stereocenters. The molecule has 4 aliphatic carbocycles. The zero-order valence-electron chi connectivity index (χ0n) is 21.6. The fourth-order valence-corrected chi connectivity index (χ4v) is 7.11. The Bertz CT molecular complexity index is 1070. The first-order valence-corrected chi connectivity index (χ1v) is 13.1. The second-order valence-electron chi connectivity index (χ2n) is 10.9. The van der Waals surface area contributed by atoms with Crippen molar-refractivity contribution >= 4 is 17.6 Å². The molecule has 6 heteroatoms. The highest BCUT2D eigenvalue weighted by molar-refractivity contribution is 5.87. The number of rotatable bonds is 10. The summed E-state index contributed by atoms with van der Waals surface area (Å²) in [7, 11) is 3.04. The summed E-state index contributed by atoms with van der Waals surface area (Å²) in [5.74, 6) is 3.07. The summed E-state index contributed by atoms with van der Waals surface area (Å²) in [6.45, 7) is 3.44. The molecule has 1 aromatic heterocycles. The number of methoxy groups -OCH3 is 2. The predicted molar refractivity (Wildman–Crippen MR) is 139 cm³/mol. The van der Waals surface area contributed by atoms with Gasteiger partial charge in [-0.15, -0.1) is 0 Å². The van der Waals surface area contributed by atoms with Crippen LogP contribution in [0.15, 0.2) is 36.5 Å². The van der Waals surface area contributed by atoms with Crippen LogP contribution in [0.2, 0.25) is 0 Å². The van der Waals surface area contributed by atoms with Crippen LogP contribution in [0.5, 0.6) is 5.75 Å². The first kappa shape index (κ1) is 25.0. The molecular weight excluding hydrogens is 454 g/mol. The van der Waals surface area contributed by atoms with Gasteiger partial charge in [-0.25, -0.2) is 9.78 Å². The fraction of sp³-hybridized carbons (Fsp3) is 0.533. The van der Waals surface area contributed by atoms with Crippen molar-refractivity contribution in [1.29, 1.82) is 0 Å². The van der Waals surface area contributed by atoms with E-state index in [1.165, 1.54) is 56.8 Å². The number of pyridine rings is 1. The first-order chi connectivity index (χ1) is 17.5. The van der Waals surface area contributed by atoms with Crippen molar-refractivity contribution in [2.75, 3.05) is 34.2 Å². The van der Waals surface area contributed by atoms with E-state index in [0.29, 0.717) is 18.9 Å². The second kappa shape index (κ2) is 10.7. The zero-order chi connectivity index (χ0) is 25.1. The smallest absolute Gasteiger partial charge is 0.356 e. The molecule has 2 aromatic rings. The van der Waals surface area contributed by atoms with Crippen molar-refractivity contribution in [2.45, 2.75) is 50.9 Å². The van der Waals surface area contributed by atoms with Crippen molar-refractivity contribution in [3.8, 4) is 5.75 Å². The third kappa shape index (κ3) is 5.21. The summed E-state index contributed by atoms with van der Waals surface area (Å²) in [6, 6.07) is 10.2. The number of carbonyl (C=O) groups excluding carboxylic acids is 1. The zero-order valence-corrected chi connectivity index (χ0v) is 21.6. The van der Waals surface area contributed by atoms with Gasteiger partial charge in [-0.05, 0) is 110 Å². The van der Waals surface area contributed by atoms with Crippen molar-refractivity contribution in [3.05, 3.63) is 58.9 Å². The Morgan fingerprint density at radius 3 is 2.36 bits per heavy atom. The minimum atomic E-state index is -0.427. The van der Waals surface area contributed by atoms with Crippen molar-refractivity contribution < 1.29 is 23.7 Å². The second-order valence-corrected chi connectivity index (χ2v) is 10.9. The maximum Gasteiger partial charge on any atom is 0.356 e. The summed E-state index contributed by atoms with van der Waals surface area (Å²) in [5.41, 5.74) is 5.15. The van der Waals surface area contributed by atoms with Crippen LogP contribution in [0.25, 0.3) is 11.6 Å². The van der Waals surface area contributed by atoms with E-state index in [-0.39, 0.29) is 12.2 Å². The van der Waals surface area contributed by atoms with Crippen LogP contribution in [0, 0.1) is 17.8 Å². The van der Waals surface area contributed by atoms with Crippen LogP contribution < -0.4 is 4.74 Å². The summed E-state index contributed by atoms with van der Waals surface area (Å²) < 4.78 is 21.7. The van der Waals surface area contributed by atoms with Gasteiger partial charge in [0.05, 0.1) is 20.3 Å². The van der Waals surface area contributed by atoms with Gasteiger partial charge in [0, 0.05) is 18.9 Å². The summed E-state index contributed by atoms with van der Waals surface area (Å²) in [4.78, 5) is 15.9. The SMILES string of the molecule is COCCOCOc1ccc(/C(C)=C/c2ccc(C(=O)OC)nc2)cc1C12CC3CC(CC(C3)C1)C2. The van der Waals surface area contributed by atoms with E-state index in [9.17, 15) is 4.79 Å². The van der Waals surface area contributed by atoms with Gasteiger partial charge in [0.15, 0.2) is 6.79 Å². The fourth-order valence-electron chi connectivity index (χ4n) is 7.11. The number of benzene rings is 1. The largest absolute Gasteiger partial charge is 0.467 e. The Labute approximate surface area is 214 Å². The normalized spacial score (nSPS) is 26.8. The van der Waals surface area contributed by atoms with Gasteiger partial charge < -0.3 is 18.9 Å². The number of ether oxygens (including phenoxy) is 4. The first-order valence-electron chi connectivity index (χ1n) is 13.1. The molecule has 6 rings (SSSR count). The topological polar surface area (TPSA) is 66.9 Å². The number of nitrogens with zero attached hydrogens (tertiary/aromatic N) is 1. The molecule has 4 aliphatic rings. The molecule has 0 saturated heterocycles. The van der Waals surface area contributed by atoms with Crippen LogP contribution in [0.4, 0.5) is 0 Å². The molecule has 4 saturated carbocycles. The van der Waals surface area contributed by atoms with Crippen LogP contribution >= 0.6 is 0 Å². The van der Waals surface area contributed by atoms with Gasteiger partial charge in [0.25, 0.3) is 0 Å². The monoisotopic (exact) mass is 491 g/mol. The molecule has 6 nitrogen and oxygen atoms in total. The lowest BCUT2D eigenvalue weighted by Crippen LogP contribution is -2.48. The van der Waals surface area contributed by atoms with Crippen molar-refractivity contribution in [3.63, 3.8) is 0 Å². The average molecular weight is 492 g/mol. The molecule has 4 bridgehead atoms. The minimum Gasteiger partial charge on any atom is -0.467 e. The standard InChI is InChI=1S/C30H37NO5/c1-20(10-21-4-6-27(31-18-21)29(32)34-3)25-5-7-28(36-19-35-9-8-33-2)26(14-25)30-15-22-11-23(16-30)13-24(12-22)17-30/h4-7,10,14,18,22-24H,8-9,11-13,15-17,19H2,1-3H3/b20-10+. The van der Waals surface area contributed by atoms with Crippen molar-refractivity contribution in [2.24, 2.45) is 17.8 Å². The molecule has 0 spiro atoms. The van der Waals surface area contributed by atoms with E-state index < -0.39 is 5.97 Å². The third-order valence-corrected chi connectivity index (χ3v) is 8.34. The molecule has 0 aliphatic heterocycles. The highest BCUT2D eigenvalue weighted by Gasteiger charge is 2.52. The highest BCUT2D eigenvalue weighted by atomic mass is 16.7. The maximum atomic E-state index is 11.7. The van der Waals surface area contributed by atoms with E-state index in [1.807, 2.05) is 6.07 Å². The number of allylic oxidation sites excluding steroid dienone is 1. The average Bonchev–Trinajstić information content (AvgIpc) is 2.88. The maximum absolute atomic E-state index is 11.7. The predicted octanol–water partition coefficient (Wildman–Crippen LogP) is 5.90. The quantitative estimate of drug-likeness (QED) is 0.234. The Kier molecular flexibility index (Phi) is 7.44. The Hall–Kier alpha value is -2.70. The summed E-state index contributed by atoms with van der Waals surface area (Å²) in [5, 5.41) is 0. The Balaban J connectivity index is 1.43. The van der Waals surface area contributed by atoms with Gasteiger partial charge in [-0.1, -0.05) is 12.1 Å². The molecule has 0 radical (unpaired) electrons. The number of hydrogen-bond acceptors (Lipinski definition) is 6. The molecular formula is C30H37NO5. The number of esters is 1. The number of aromatic nitrogens is 1. The van der Waals surface area contributed by atoms with Gasteiger partial charge in [0.1, 0.15) is 11.4 Å². The lowest BCUT2D eigenvalue weighted by atomic mass is 9.48. The van der Waals surface area contributed by atoms with E-state index in [2.05, 4.69) is 36.2 Å². The van der Waals surface area contributed by atoms with Crippen LogP contribution in [0.1, 0.15) is 72.6 Å². The third-order valence-electron chi connectivity index (χ3n) is 8.34. The van der Waals surface area contributed by atoms with Gasteiger partial charge in [-0.2, -0.15) is 0 Å². The lowest BCUT2D eigenvalue weighted by molar-refractivity contribution is -0.0189. The molecule has 192 valence electrons. The van der Waals surface area contributed by atoms with Crippen LogP contribution in [-0.2, 0) is 19.6 Å². The van der Waals surface area contributed by atoms with Crippen LogP contribution in [-0.4, -0.2) is 45.2 Å². The molecule has 4 fully saturated rings. The molecule has 1 aromatic carbocycles. The highest BCUT2D eigenvalue weighted by Crippen LogP contribution is 2.62. The number of hydrogen-bond donors (Lipinski definition) is 0. The molecule has 0 amide bonds. The van der Waals surface area contributed by atoms with Gasteiger partial charge in [0.2, 0.25) is 0 Å². The van der Waals surface area contributed by atoms with Gasteiger partial charge in [-0.3, -0.25) is 0 Å². The van der Waals surface area contributed by atoms with Crippen molar-refractivity contribution in [1.82, 2.24) is 4.98 Å². The van der Waals surface area contributed by atoms with Crippen LogP contribution in [0.3, 0.4) is 0 Å². The number of carbonyl (C=O) groups is 1. The van der Waals surface area contributed by atoms with E-state index in [0.717, 1.165) is 34.6 Å². The van der Waals surface area contributed by atoms with E-state index in [1.54, 1.807) is 19.4 Å². The molecule has 1 heterocycles. The van der Waals surface area contributed by atoms with Gasteiger partial charge >= 0.3 is 5.97 Å². The molecule has 0 N–H and O–H groups in total. The Morgan fingerprint density at radius 2 is 1.75 bits per heavy atom.